The SMILES string of the molecule is COc1ccc(C(=O)N2CCC3(CCN(Cc4cc(=O)[nH]c(=O)[nH]4)C3)C2)cc1OC. The van der Waals surface area contributed by atoms with E-state index in [1.807, 2.05) is 4.90 Å². The fourth-order valence-electron chi connectivity index (χ4n) is 4.60. The Morgan fingerprint density at radius 2 is 1.80 bits per heavy atom. The third kappa shape index (κ3) is 3.97. The molecule has 1 unspecified atom stereocenters. The van der Waals surface area contributed by atoms with Crippen molar-refractivity contribution in [1.29, 1.82) is 0 Å². The molecule has 1 aromatic heterocycles. The van der Waals surface area contributed by atoms with Crippen molar-refractivity contribution in [3.05, 3.63) is 56.4 Å². The highest BCUT2D eigenvalue weighted by molar-refractivity contribution is 5.95. The lowest BCUT2D eigenvalue weighted by Crippen LogP contribution is -2.34. The summed E-state index contributed by atoms with van der Waals surface area (Å²) < 4.78 is 10.6. The quantitative estimate of drug-likeness (QED) is 0.750. The second kappa shape index (κ2) is 7.98. The minimum absolute atomic E-state index is 0.00907. The number of likely N-dealkylation sites (tertiary alicyclic amines) is 2. The molecular weight excluding hydrogens is 388 g/mol. The molecular formula is C21H26N4O5. The zero-order valence-corrected chi connectivity index (χ0v) is 17.2. The van der Waals surface area contributed by atoms with Crippen LogP contribution in [-0.4, -0.2) is 66.1 Å². The topological polar surface area (TPSA) is 108 Å². The molecule has 1 spiro atoms. The Balaban J connectivity index is 1.42. The van der Waals surface area contributed by atoms with Gasteiger partial charge in [-0.15, -0.1) is 0 Å². The molecule has 2 aromatic rings. The van der Waals surface area contributed by atoms with Gasteiger partial charge in [-0.25, -0.2) is 4.79 Å². The van der Waals surface area contributed by atoms with Crippen LogP contribution in [0.2, 0.25) is 0 Å². The highest BCUT2D eigenvalue weighted by atomic mass is 16.5. The van der Waals surface area contributed by atoms with Crippen LogP contribution in [0.15, 0.2) is 33.9 Å². The molecule has 0 saturated carbocycles. The van der Waals surface area contributed by atoms with Gasteiger partial charge in [0.15, 0.2) is 11.5 Å². The number of nitrogens with zero attached hydrogens (tertiary/aromatic N) is 2. The smallest absolute Gasteiger partial charge is 0.325 e. The number of aromatic amines is 2. The molecule has 160 valence electrons. The van der Waals surface area contributed by atoms with E-state index in [2.05, 4.69) is 14.9 Å². The van der Waals surface area contributed by atoms with Gasteiger partial charge in [0.2, 0.25) is 0 Å². The maximum Gasteiger partial charge on any atom is 0.325 e. The van der Waals surface area contributed by atoms with Gasteiger partial charge in [-0.3, -0.25) is 19.5 Å². The number of H-pyrrole nitrogens is 2. The molecule has 2 fully saturated rings. The first kappa shape index (κ1) is 20.2. The molecule has 4 rings (SSSR count). The monoisotopic (exact) mass is 414 g/mol. The van der Waals surface area contributed by atoms with Crippen LogP contribution >= 0.6 is 0 Å². The number of aromatic nitrogens is 2. The minimum atomic E-state index is -0.487. The predicted molar refractivity (Wildman–Crippen MR) is 110 cm³/mol. The van der Waals surface area contributed by atoms with Crippen molar-refractivity contribution in [2.75, 3.05) is 40.4 Å². The van der Waals surface area contributed by atoms with Crippen LogP contribution in [0.3, 0.4) is 0 Å². The summed E-state index contributed by atoms with van der Waals surface area (Å²) in [5, 5.41) is 0. The maximum absolute atomic E-state index is 13.0. The van der Waals surface area contributed by atoms with Gasteiger partial charge in [0.1, 0.15) is 0 Å². The van der Waals surface area contributed by atoms with Crippen LogP contribution in [0.5, 0.6) is 11.5 Å². The summed E-state index contributed by atoms with van der Waals surface area (Å²) in [6.45, 7) is 3.63. The second-order valence-electron chi connectivity index (χ2n) is 8.12. The standard InChI is InChI=1S/C21H26N4O5/c1-29-16-4-3-14(9-17(16)30-2)19(27)25-8-6-21(13-25)5-7-24(12-21)11-15-10-18(26)23-20(28)22-15/h3-4,9-10H,5-8,11-13H2,1-2H3,(H2,22,23,26,28). The van der Waals surface area contributed by atoms with E-state index in [9.17, 15) is 14.4 Å². The molecule has 0 radical (unpaired) electrons. The molecule has 9 heteroatoms. The molecule has 30 heavy (non-hydrogen) atoms. The number of amides is 1. The summed E-state index contributed by atoms with van der Waals surface area (Å²) in [5.74, 6) is 1.12. The summed E-state index contributed by atoms with van der Waals surface area (Å²) in [4.78, 5) is 45.0. The highest BCUT2D eigenvalue weighted by Crippen LogP contribution is 2.40. The Kier molecular flexibility index (Phi) is 5.38. The summed E-state index contributed by atoms with van der Waals surface area (Å²) >= 11 is 0. The molecule has 2 saturated heterocycles. The largest absolute Gasteiger partial charge is 0.493 e. The first-order valence-corrected chi connectivity index (χ1v) is 9.98. The Labute approximate surface area is 173 Å². The summed E-state index contributed by atoms with van der Waals surface area (Å²) in [6.07, 6.45) is 1.92. The number of nitrogens with one attached hydrogen (secondary N) is 2. The van der Waals surface area contributed by atoms with Gasteiger partial charge in [0.25, 0.3) is 11.5 Å². The zero-order chi connectivity index (χ0) is 21.3. The van der Waals surface area contributed by atoms with Crippen molar-refractivity contribution in [2.45, 2.75) is 19.4 Å². The van der Waals surface area contributed by atoms with E-state index in [4.69, 9.17) is 9.47 Å². The van der Waals surface area contributed by atoms with Gasteiger partial charge >= 0.3 is 5.69 Å². The molecule has 0 bridgehead atoms. The van der Waals surface area contributed by atoms with Crippen LogP contribution in [0, 0.1) is 5.41 Å². The maximum atomic E-state index is 13.0. The van der Waals surface area contributed by atoms with E-state index in [0.29, 0.717) is 42.4 Å². The normalized spacial score (nSPS) is 21.3. The molecule has 3 heterocycles. The first-order valence-electron chi connectivity index (χ1n) is 9.98. The van der Waals surface area contributed by atoms with Gasteiger partial charge < -0.3 is 19.4 Å². The lowest BCUT2D eigenvalue weighted by atomic mass is 9.86. The fraction of sp³-hybridized carbons (Fsp3) is 0.476. The van der Waals surface area contributed by atoms with Crippen LogP contribution < -0.4 is 20.7 Å². The number of methoxy groups -OCH3 is 2. The van der Waals surface area contributed by atoms with Crippen molar-refractivity contribution in [1.82, 2.24) is 19.8 Å². The molecule has 1 atom stereocenters. The van der Waals surface area contributed by atoms with Gasteiger partial charge in [0, 0.05) is 48.9 Å². The number of benzene rings is 1. The number of hydrogen-bond donors (Lipinski definition) is 2. The van der Waals surface area contributed by atoms with Crippen LogP contribution in [0.25, 0.3) is 0 Å². The number of carbonyl (C=O) groups excluding carboxylic acids is 1. The fourth-order valence-corrected chi connectivity index (χ4v) is 4.60. The van der Waals surface area contributed by atoms with Crippen molar-refractivity contribution in [2.24, 2.45) is 5.41 Å². The summed E-state index contributed by atoms with van der Waals surface area (Å²) in [6, 6.07) is 6.65. The van der Waals surface area contributed by atoms with Crippen molar-refractivity contribution in [3.63, 3.8) is 0 Å². The number of rotatable bonds is 5. The van der Waals surface area contributed by atoms with Crippen molar-refractivity contribution in [3.8, 4) is 11.5 Å². The first-order chi connectivity index (χ1) is 14.4. The summed E-state index contributed by atoms with van der Waals surface area (Å²) in [5.41, 5.74) is 0.361. The number of ether oxygens (including phenoxy) is 2. The van der Waals surface area contributed by atoms with Crippen molar-refractivity contribution < 1.29 is 14.3 Å². The highest BCUT2D eigenvalue weighted by Gasteiger charge is 2.44. The van der Waals surface area contributed by atoms with E-state index in [1.54, 1.807) is 32.4 Å². The third-order valence-corrected chi connectivity index (χ3v) is 6.08. The number of hydrogen-bond acceptors (Lipinski definition) is 6. The lowest BCUT2D eigenvalue weighted by Gasteiger charge is -2.25. The molecule has 2 aliphatic rings. The van der Waals surface area contributed by atoms with Gasteiger partial charge in [-0.05, 0) is 37.6 Å². The lowest BCUT2D eigenvalue weighted by molar-refractivity contribution is 0.0772. The molecule has 1 aromatic carbocycles. The summed E-state index contributed by atoms with van der Waals surface area (Å²) in [7, 11) is 3.12. The minimum Gasteiger partial charge on any atom is -0.493 e. The van der Waals surface area contributed by atoms with Gasteiger partial charge in [-0.2, -0.15) is 0 Å². The van der Waals surface area contributed by atoms with Crippen LogP contribution in [0.1, 0.15) is 28.9 Å². The average Bonchev–Trinajstić information content (AvgIpc) is 3.32. The Bertz CT molecular complexity index is 1030. The van der Waals surface area contributed by atoms with Gasteiger partial charge in [0.05, 0.1) is 14.2 Å². The van der Waals surface area contributed by atoms with E-state index in [1.165, 1.54) is 6.07 Å². The molecule has 9 nitrogen and oxygen atoms in total. The van der Waals surface area contributed by atoms with E-state index in [0.717, 1.165) is 25.9 Å². The Morgan fingerprint density at radius 1 is 1.03 bits per heavy atom. The number of carbonyl (C=O) groups is 1. The molecule has 2 N–H and O–H groups in total. The van der Waals surface area contributed by atoms with Crippen LogP contribution in [-0.2, 0) is 6.54 Å². The van der Waals surface area contributed by atoms with Gasteiger partial charge in [-0.1, -0.05) is 0 Å². The second-order valence-corrected chi connectivity index (χ2v) is 8.12. The van der Waals surface area contributed by atoms with Crippen LogP contribution in [0.4, 0.5) is 0 Å². The Morgan fingerprint density at radius 3 is 2.53 bits per heavy atom. The molecule has 1 amide bonds. The van der Waals surface area contributed by atoms with E-state index >= 15 is 0 Å². The van der Waals surface area contributed by atoms with E-state index in [-0.39, 0.29) is 11.3 Å². The molecule has 2 aliphatic heterocycles. The predicted octanol–water partition coefficient (Wildman–Crippen LogP) is 0.819. The van der Waals surface area contributed by atoms with E-state index < -0.39 is 11.2 Å². The average molecular weight is 414 g/mol. The molecule has 0 aliphatic carbocycles. The zero-order valence-electron chi connectivity index (χ0n) is 17.2. The Hall–Kier alpha value is -3.07. The van der Waals surface area contributed by atoms with Crippen molar-refractivity contribution >= 4 is 5.91 Å². The third-order valence-electron chi connectivity index (χ3n) is 6.08.